The van der Waals surface area contributed by atoms with Gasteiger partial charge in [0.05, 0.1) is 6.42 Å². The first-order chi connectivity index (χ1) is 20.8. The number of carbonyl (C=O) groups excluding carboxylic acids is 5. The highest BCUT2D eigenvalue weighted by Gasteiger charge is 2.38. The molecule has 0 aromatic heterocycles. The van der Waals surface area contributed by atoms with Gasteiger partial charge in [-0.3, -0.25) is 14.4 Å². The number of ether oxygens (including phenoxy) is 2. The number of primary amides is 1. The summed E-state index contributed by atoms with van der Waals surface area (Å²) in [7, 11) is 0. The van der Waals surface area contributed by atoms with E-state index >= 15 is 0 Å². The molecule has 4 amide bonds. The molecule has 0 radical (unpaired) electrons. The highest BCUT2D eigenvalue weighted by molar-refractivity contribution is 5.95. The molecule has 0 bridgehead atoms. The van der Waals surface area contributed by atoms with Crippen LogP contribution in [0.4, 0.5) is 4.79 Å². The summed E-state index contributed by atoms with van der Waals surface area (Å²) in [6.45, 7) is 15.5. The fraction of sp³-hybridized carbons (Fsp3) is 0.500. The molecule has 2 aromatic carbocycles. The first-order valence-electron chi connectivity index (χ1n) is 15.0. The van der Waals surface area contributed by atoms with Gasteiger partial charge in [-0.05, 0) is 79.0 Å². The van der Waals surface area contributed by atoms with Crippen LogP contribution in [0.3, 0.4) is 0 Å². The number of nitrogens with zero attached hydrogens (tertiary/aromatic N) is 1. The minimum Gasteiger partial charge on any atom is -0.458 e. The van der Waals surface area contributed by atoms with E-state index in [-0.39, 0.29) is 13.0 Å². The average Bonchev–Trinajstić information content (AvgIpc) is 2.90. The highest BCUT2D eigenvalue weighted by atomic mass is 16.6. The minimum absolute atomic E-state index is 0.0192. The van der Waals surface area contributed by atoms with Crippen molar-refractivity contribution in [3.8, 4) is 0 Å². The summed E-state index contributed by atoms with van der Waals surface area (Å²) in [6, 6.07) is 11.0. The van der Waals surface area contributed by atoms with Gasteiger partial charge < -0.3 is 30.7 Å². The Bertz CT molecular complexity index is 1360. The fourth-order valence-corrected chi connectivity index (χ4v) is 4.69. The second kappa shape index (κ2) is 15.5. The number of aryl methyl sites for hydroxylation is 2. The lowest BCUT2D eigenvalue weighted by atomic mass is 9.95. The van der Waals surface area contributed by atoms with Gasteiger partial charge >= 0.3 is 12.1 Å². The van der Waals surface area contributed by atoms with Crippen LogP contribution in [0.2, 0.25) is 0 Å². The normalized spacial score (nSPS) is 13.5. The number of alkyl carbamates (subject to hydrolysis) is 1. The molecule has 2 rings (SSSR count). The zero-order chi connectivity index (χ0) is 34.1. The van der Waals surface area contributed by atoms with Crippen LogP contribution in [0, 0.1) is 13.8 Å². The first-order valence-corrected chi connectivity index (χ1v) is 15.0. The third-order valence-electron chi connectivity index (χ3n) is 6.60. The monoisotopic (exact) mass is 624 g/mol. The van der Waals surface area contributed by atoms with Crippen LogP contribution < -0.4 is 16.4 Å². The smallest absolute Gasteiger partial charge is 0.408 e. The average molecular weight is 625 g/mol. The summed E-state index contributed by atoms with van der Waals surface area (Å²) >= 11 is 0. The Labute approximate surface area is 266 Å². The number of amides is 4. The third kappa shape index (κ3) is 11.9. The summed E-state index contributed by atoms with van der Waals surface area (Å²) in [5.74, 6) is -2.83. The first kappa shape index (κ1) is 36.8. The second-order valence-corrected chi connectivity index (χ2v) is 13.0. The molecule has 0 heterocycles. The quantitative estimate of drug-likeness (QED) is 0.301. The second-order valence-electron chi connectivity index (χ2n) is 13.0. The molecule has 0 saturated carbocycles. The van der Waals surface area contributed by atoms with Crippen molar-refractivity contribution in [1.82, 2.24) is 15.5 Å². The molecule has 45 heavy (non-hydrogen) atoms. The third-order valence-corrected chi connectivity index (χ3v) is 6.60. The summed E-state index contributed by atoms with van der Waals surface area (Å²) in [6.07, 6.45) is -1.30. The van der Waals surface area contributed by atoms with Gasteiger partial charge in [-0.1, -0.05) is 54.1 Å². The standard InChI is InChI=1S/C34H48N4O7/c1-10-38(30(41)25(20-27(35)39)37-32(43)45-34(7,8)9)28(24-18-21(2)16-17-22(24)3)29(40)36-26(31(42)44-33(4,5)6)19-23-14-12-11-13-15-23/h11-18,25-26,28H,10,19-20H2,1-9H3,(H2,35,39)(H,36,40)(H,37,43). The molecule has 0 aliphatic heterocycles. The van der Waals surface area contributed by atoms with Crippen LogP contribution in [0.1, 0.15) is 83.2 Å². The number of esters is 1. The number of hydrogen-bond donors (Lipinski definition) is 3. The predicted octanol–water partition coefficient (Wildman–Crippen LogP) is 4.03. The van der Waals surface area contributed by atoms with Crippen molar-refractivity contribution in [2.24, 2.45) is 5.73 Å². The SMILES string of the molecule is CCN(C(=O)C(CC(N)=O)NC(=O)OC(C)(C)C)C(C(=O)NC(Cc1ccccc1)C(=O)OC(C)(C)C)c1cc(C)ccc1C. The lowest BCUT2D eigenvalue weighted by Gasteiger charge is -2.35. The van der Waals surface area contributed by atoms with Crippen molar-refractivity contribution in [1.29, 1.82) is 0 Å². The molecular weight excluding hydrogens is 576 g/mol. The summed E-state index contributed by atoms with van der Waals surface area (Å²) in [4.78, 5) is 67.7. The van der Waals surface area contributed by atoms with Gasteiger partial charge in [-0.25, -0.2) is 9.59 Å². The van der Waals surface area contributed by atoms with Crippen molar-refractivity contribution in [2.45, 2.75) is 104 Å². The number of hydrogen-bond acceptors (Lipinski definition) is 7. The Balaban J connectivity index is 2.59. The Hall–Kier alpha value is -4.41. The van der Waals surface area contributed by atoms with Crippen molar-refractivity contribution < 1.29 is 33.4 Å². The van der Waals surface area contributed by atoms with Crippen LogP contribution in [0.15, 0.2) is 48.5 Å². The van der Waals surface area contributed by atoms with Crippen LogP contribution in [-0.2, 0) is 35.1 Å². The van der Waals surface area contributed by atoms with E-state index in [1.54, 1.807) is 54.5 Å². The Morgan fingerprint density at radius 3 is 1.98 bits per heavy atom. The van der Waals surface area contributed by atoms with E-state index in [2.05, 4.69) is 10.6 Å². The lowest BCUT2D eigenvalue weighted by Crippen LogP contribution is -2.55. The number of rotatable bonds is 12. The Kier molecular flexibility index (Phi) is 12.7. The van der Waals surface area contributed by atoms with E-state index in [0.717, 1.165) is 16.7 Å². The molecule has 11 heteroatoms. The summed E-state index contributed by atoms with van der Waals surface area (Å²) < 4.78 is 11.0. The van der Waals surface area contributed by atoms with Crippen molar-refractivity contribution >= 4 is 29.8 Å². The largest absolute Gasteiger partial charge is 0.458 e. The number of benzene rings is 2. The molecule has 0 aliphatic rings. The zero-order valence-corrected chi connectivity index (χ0v) is 27.9. The molecule has 0 aliphatic carbocycles. The van der Waals surface area contributed by atoms with Crippen molar-refractivity contribution in [3.05, 3.63) is 70.8 Å². The number of nitrogens with one attached hydrogen (secondary N) is 2. The van der Waals surface area contributed by atoms with E-state index in [1.165, 1.54) is 4.90 Å². The van der Waals surface area contributed by atoms with Gasteiger partial charge in [-0.2, -0.15) is 0 Å². The maximum atomic E-state index is 14.3. The van der Waals surface area contributed by atoms with Gasteiger partial charge in [0, 0.05) is 13.0 Å². The van der Waals surface area contributed by atoms with Gasteiger partial charge in [0.25, 0.3) is 0 Å². The van der Waals surface area contributed by atoms with Gasteiger partial charge in [0.1, 0.15) is 29.3 Å². The molecule has 11 nitrogen and oxygen atoms in total. The molecular formula is C34H48N4O7. The molecule has 3 atom stereocenters. The maximum absolute atomic E-state index is 14.3. The Morgan fingerprint density at radius 1 is 0.844 bits per heavy atom. The van der Waals surface area contributed by atoms with Gasteiger partial charge in [0.2, 0.25) is 17.7 Å². The van der Waals surface area contributed by atoms with Crippen LogP contribution in [0.5, 0.6) is 0 Å². The number of carbonyl (C=O) groups is 5. The van der Waals surface area contributed by atoms with E-state index in [4.69, 9.17) is 15.2 Å². The van der Waals surface area contributed by atoms with E-state index in [1.807, 2.05) is 56.3 Å². The van der Waals surface area contributed by atoms with E-state index in [0.29, 0.717) is 5.56 Å². The summed E-state index contributed by atoms with van der Waals surface area (Å²) in [5.41, 5.74) is 6.64. The molecule has 0 saturated heterocycles. The van der Waals surface area contributed by atoms with E-state index in [9.17, 15) is 24.0 Å². The summed E-state index contributed by atoms with van der Waals surface area (Å²) in [5, 5.41) is 5.29. The van der Waals surface area contributed by atoms with Gasteiger partial charge in [-0.15, -0.1) is 0 Å². The Morgan fingerprint density at radius 2 is 1.44 bits per heavy atom. The molecule has 0 spiro atoms. The molecule has 246 valence electrons. The highest BCUT2D eigenvalue weighted by Crippen LogP contribution is 2.27. The van der Waals surface area contributed by atoms with E-state index < -0.39 is 65.5 Å². The topological polar surface area (TPSA) is 157 Å². The fourth-order valence-electron chi connectivity index (χ4n) is 4.69. The lowest BCUT2D eigenvalue weighted by molar-refractivity contribution is -0.159. The molecule has 0 fully saturated rings. The predicted molar refractivity (Wildman–Crippen MR) is 171 cm³/mol. The van der Waals surface area contributed by atoms with Crippen molar-refractivity contribution in [2.75, 3.05) is 6.54 Å². The van der Waals surface area contributed by atoms with Crippen LogP contribution >= 0.6 is 0 Å². The number of nitrogens with two attached hydrogens (primary N) is 1. The van der Waals surface area contributed by atoms with Crippen LogP contribution in [-0.4, -0.2) is 64.5 Å². The van der Waals surface area contributed by atoms with Crippen molar-refractivity contribution in [3.63, 3.8) is 0 Å². The molecule has 4 N–H and O–H groups in total. The molecule has 3 unspecified atom stereocenters. The maximum Gasteiger partial charge on any atom is 0.408 e. The minimum atomic E-state index is -1.41. The zero-order valence-electron chi connectivity index (χ0n) is 27.9. The number of likely N-dealkylation sites (N-methyl/N-ethyl adjacent to an activating group) is 1. The van der Waals surface area contributed by atoms with Gasteiger partial charge in [0.15, 0.2) is 0 Å². The van der Waals surface area contributed by atoms with Crippen LogP contribution in [0.25, 0.3) is 0 Å². The molecule has 2 aromatic rings.